The van der Waals surface area contributed by atoms with Gasteiger partial charge in [0, 0.05) is 11.6 Å². The van der Waals surface area contributed by atoms with Crippen LogP contribution in [0.5, 0.6) is 5.75 Å². The van der Waals surface area contributed by atoms with Crippen molar-refractivity contribution in [2.45, 2.75) is 26.0 Å². The van der Waals surface area contributed by atoms with Crippen molar-refractivity contribution in [3.8, 4) is 5.75 Å². The predicted molar refractivity (Wildman–Crippen MR) is 61.6 cm³/mol. The lowest BCUT2D eigenvalue weighted by atomic mass is 10.1. The molecule has 0 saturated heterocycles. The lowest BCUT2D eigenvalue weighted by Gasteiger charge is -2.18. The molecule has 0 aliphatic carbocycles. The van der Waals surface area contributed by atoms with Gasteiger partial charge in [-0.3, -0.25) is 0 Å². The minimum atomic E-state index is -1.06. The molecule has 0 aromatic heterocycles. The van der Waals surface area contributed by atoms with E-state index >= 15 is 0 Å². The van der Waals surface area contributed by atoms with Gasteiger partial charge in [0.2, 0.25) is 0 Å². The van der Waals surface area contributed by atoms with Gasteiger partial charge in [-0.2, -0.15) is 0 Å². The molecule has 2 N–H and O–H groups in total. The predicted octanol–water partition coefficient (Wildman–Crippen LogP) is 1.96. The van der Waals surface area contributed by atoms with Crippen molar-refractivity contribution in [2.24, 2.45) is 0 Å². The zero-order chi connectivity index (χ0) is 13.0. The first-order chi connectivity index (χ1) is 7.95. The third kappa shape index (κ3) is 3.42. The van der Waals surface area contributed by atoms with Crippen molar-refractivity contribution in [1.29, 1.82) is 0 Å². The normalized spacial score (nSPS) is 14.1. The van der Waals surface area contributed by atoms with Gasteiger partial charge >= 0.3 is 5.97 Å². The van der Waals surface area contributed by atoms with E-state index in [9.17, 15) is 9.18 Å². The first-order valence-corrected chi connectivity index (χ1v) is 5.32. The summed E-state index contributed by atoms with van der Waals surface area (Å²) in [7, 11) is 1.74. The fraction of sp³-hybridized carbons (Fsp3) is 0.417. The van der Waals surface area contributed by atoms with E-state index in [2.05, 4.69) is 5.32 Å². The van der Waals surface area contributed by atoms with Gasteiger partial charge in [0.15, 0.2) is 6.10 Å². The van der Waals surface area contributed by atoms with E-state index in [1.807, 2.05) is 6.92 Å². The molecule has 1 aromatic carbocycles. The molecule has 0 fully saturated rings. The van der Waals surface area contributed by atoms with Crippen LogP contribution in [0, 0.1) is 5.82 Å². The molecule has 1 aromatic rings. The molecule has 0 saturated carbocycles. The molecule has 2 atom stereocenters. The number of carbonyl (C=O) groups is 1. The van der Waals surface area contributed by atoms with Gasteiger partial charge in [-0.25, -0.2) is 9.18 Å². The maximum absolute atomic E-state index is 13.1. The SMILES string of the molecule is CNC(C)c1cc(F)ccc1OC(C)C(=O)O. The van der Waals surface area contributed by atoms with Crippen LogP contribution < -0.4 is 10.1 Å². The average Bonchev–Trinajstić information content (AvgIpc) is 2.30. The summed E-state index contributed by atoms with van der Waals surface area (Å²) in [5.41, 5.74) is 0.598. The molecule has 2 unspecified atom stereocenters. The van der Waals surface area contributed by atoms with Crippen LogP contribution in [0.1, 0.15) is 25.5 Å². The van der Waals surface area contributed by atoms with Crippen molar-refractivity contribution < 1.29 is 19.0 Å². The summed E-state index contributed by atoms with van der Waals surface area (Å²) in [6.07, 6.45) is -0.969. The number of ether oxygens (including phenoxy) is 1. The zero-order valence-electron chi connectivity index (χ0n) is 10.0. The number of hydrogen-bond donors (Lipinski definition) is 2. The van der Waals surface area contributed by atoms with Crippen molar-refractivity contribution in [3.63, 3.8) is 0 Å². The molecular formula is C12H16FNO3. The second kappa shape index (κ2) is 5.63. The molecule has 1 rings (SSSR count). The smallest absolute Gasteiger partial charge is 0.344 e. The third-order valence-electron chi connectivity index (χ3n) is 2.52. The number of carboxylic acid groups (broad SMARTS) is 1. The maximum Gasteiger partial charge on any atom is 0.344 e. The second-order valence-electron chi connectivity index (χ2n) is 3.79. The molecule has 0 heterocycles. The van der Waals surface area contributed by atoms with Gasteiger partial charge in [0.25, 0.3) is 0 Å². The highest BCUT2D eigenvalue weighted by atomic mass is 19.1. The lowest BCUT2D eigenvalue weighted by Crippen LogP contribution is -2.24. The number of halogens is 1. The van der Waals surface area contributed by atoms with E-state index < -0.39 is 12.1 Å². The number of hydrogen-bond acceptors (Lipinski definition) is 3. The van der Waals surface area contributed by atoms with E-state index in [4.69, 9.17) is 9.84 Å². The Hall–Kier alpha value is -1.62. The molecule has 0 radical (unpaired) electrons. The highest BCUT2D eigenvalue weighted by molar-refractivity contribution is 5.72. The molecule has 4 nitrogen and oxygen atoms in total. The third-order valence-corrected chi connectivity index (χ3v) is 2.52. The minimum Gasteiger partial charge on any atom is -0.479 e. The van der Waals surface area contributed by atoms with Crippen molar-refractivity contribution >= 4 is 5.97 Å². The monoisotopic (exact) mass is 241 g/mol. The first kappa shape index (κ1) is 13.4. The summed E-state index contributed by atoms with van der Waals surface area (Å²) in [6.45, 7) is 3.27. The fourth-order valence-corrected chi connectivity index (χ4v) is 1.36. The van der Waals surface area contributed by atoms with Gasteiger partial charge < -0.3 is 15.2 Å². The number of rotatable bonds is 5. The number of aliphatic carboxylic acids is 1. The topological polar surface area (TPSA) is 58.6 Å². The fourth-order valence-electron chi connectivity index (χ4n) is 1.36. The van der Waals surface area contributed by atoms with Gasteiger partial charge in [0.05, 0.1) is 0 Å². The summed E-state index contributed by atoms with van der Waals surface area (Å²) in [5, 5.41) is 11.7. The van der Waals surface area contributed by atoms with Gasteiger partial charge in [0.1, 0.15) is 11.6 Å². The Morgan fingerprint density at radius 3 is 2.65 bits per heavy atom. The summed E-state index contributed by atoms with van der Waals surface area (Å²) in [6, 6.07) is 3.90. The Morgan fingerprint density at radius 2 is 2.12 bits per heavy atom. The lowest BCUT2D eigenvalue weighted by molar-refractivity contribution is -0.144. The molecule has 0 aliphatic rings. The van der Waals surface area contributed by atoms with Crippen LogP contribution in [-0.2, 0) is 4.79 Å². The van der Waals surface area contributed by atoms with Crippen LogP contribution in [0.2, 0.25) is 0 Å². The highest BCUT2D eigenvalue weighted by Crippen LogP contribution is 2.26. The van der Waals surface area contributed by atoms with Crippen molar-refractivity contribution in [2.75, 3.05) is 7.05 Å². The Labute approximate surface area is 99.4 Å². The van der Waals surface area contributed by atoms with Gasteiger partial charge in [-0.1, -0.05) is 0 Å². The largest absolute Gasteiger partial charge is 0.479 e. The van der Waals surface area contributed by atoms with Crippen LogP contribution in [0.25, 0.3) is 0 Å². The van der Waals surface area contributed by atoms with E-state index in [1.54, 1.807) is 7.05 Å². The first-order valence-electron chi connectivity index (χ1n) is 5.32. The van der Waals surface area contributed by atoms with E-state index in [0.29, 0.717) is 11.3 Å². The van der Waals surface area contributed by atoms with Gasteiger partial charge in [-0.05, 0) is 39.1 Å². The number of benzene rings is 1. The molecule has 0 spiro atoms. The maximum atomic E-state index is 13.1. The Balaban J connectivity index is 3.02. The Morgan fingerprint density at radius 1 is 1.47 bits per heavy atom. The number of nitrogens with one attached hydrogen (secondary N) is 1. The standard InChI is InChI=1S/C12H16FNO3/c1-7(14-3)10-6-9(13)4-5-11(10)17-8(2)12(15)16/h4-8,14H,1-3H3,(H,15,16). The van der Waals surface area contributed by atoms with Crippen molar-refractivity contribution in [1.82, 2.24) is 5.32 Å². The van der Waals surface area contributed by atoms with E-state index in [1.165, 1.54) is 25.1 Å². The number of carboxylic acids is 1. The Bertz CT molecular complexity index is 409. The second-order valence-corrected chi connectivity index (χ2v) is 3.79. The molecule has 5 heteroatoms. The zero-order valence-corrected chi connectivity index (χ0v) is 10.0. The molecule has 0 aliphatic heterocycles. The molecular weight excluding hydrogens is 225 g/mol. The van der Waals surface area contributed by atoms with Crippen molar-refractivity contribution in [3.05, 3.63) is 29.6 Å². The Kier molecular flexibility index (Phi) is 4.45. The highest BCUT2D eigenvalue weighted by Gasteiger charge is 2.17. The van der Waals surface area contributed by atoms with Gasteiger partial charge in [-0.15, -0.1) is 0 Å². The molecule has 0 amide bonds. The summed E-state index contributed by atoms with van der Waals surface area (Å²) in [4.78, 5) is 10.7. The minimum absolute atomic E-state index is 0.123. The van der Waals surface area contributed by atoms with Crippen LogP contribution in [0.3, 0.4) is 0 Å². The summed E-state index contributed by atoms with van der Waals surface area (Å²) >= 11 is 0. The molecule has 0 bridgehead atoms. The summed E-state index contributed by atoms with van der Waals surface area (Å²) in [5.74, 6) is -1.06. The van der Waals surface area contributed by atoms with Crippen LogP contribution in [-0.4, -0.2) is 24.2 Å². The van der Waals surface area contributed by atoms with E-state index in [-0.39, 0.29) is 11.9 Å². The van der Waals surface area contributed by atoms with Crippen LogP contribution in [0.4, 0.5) is 4.39 Å². The summed E-state index contributed by atoms with van der Waals surface area (Å²) < 4.78 is 18.4. The average molecular weight is 241 g/mol. The van der Waals surface area contributed by atoms with Crippen LogP contribution in [0.15, 0.2) is 18.2 Å². The molecule has 94 valence electrons. The van der Waals surface area contributed by atoms with E-state index in [0.717, 1.165) is 0 Å². The quantitative estimate of drug-likeness (QED) is 0.827. The molecule has 17 heavy (non-hydrogen) atoms. The van der Waals surface area contributed by atoms with Crippen LogP contribution >= 0.6 is 0 Å².